The average Bonchev–Trinajstić information content (AvgIpc) is 2.58. The first kappa shape index (κ1) is 9.73. The van der Waals surface area contributed by atoms with Gasteiger partial charge in [0.2, 0.25) is 0 Å². The molecule has 2 N–H and O–H groups in total. The van der Waals surface area contributed by atoms with Crippen molar-refractivity contribution in [3.63, 3.8) is 0 Å². The van der Waals surface area contributed by atoms with E-state index in [1.807, 2.05) is 11.4 Å². The monoisotopic (exact) mass is 231 g/mol. The van der Waals surface area contributed by atoms with Crippen LogP contribution < -0.4 is 5.73 Å². The highest BCUT2D eigenvalue weighted by Crippen LogP contribution is 2.37. The maximum atomic E-state index is 12.5. The van der Waals surface area contributed by atoms with Gasteiger partial charge in [-0.25, -0.2) is 8.78 Å². The molecule has 0 radical (unpaired) electrons. The molecule has 0 bridgehead atoms. The van der Waals surface area contributed by atoms with Crippen LogP contribution in [0.15, 0.2) is 22.4 Å². The van der Waals surface area contributed by atoms with Crippen LogP contribution in [0.1, 0.15) is 12.0 Å². The van der Waals surface area contributed by atoms with Gasteiger partial charge in [0.15, 0.2) is 0 Å². The van der Waals surface area contributed by atoms with Crippen LogP contribution in [0.25, 0.3) is 10.1 Å². The van der Waals surface area contributed by atoms with Gasteiger partial charge in [0, 0.05) is 20.5 Å². The number of anilines is 1. The van der Waals surface area contributed by atoms with Crippen LogP contribution in [0.3, 0.4) is 0 Å². The molecule has 0 amide bonds. The van der Waals surface area contributed by atoms with Crippen molar-refractivity contribution in [3.05, 3.63) is 23.1 Å². The topological polar surface area (TPSA) is 26.0 Å². The predicted octanol–water partition coefficient (Wildman–Crippen LogP) is 3.71. The Hall–Kier alpha value is -0.810. The molecule has 5 heteroatoms. The minimum absolute atomic E-state index is 0.0965. The van der Waals surface area contributed by atoms with Gasteiger partial charge in [0.05, 0.1) is 5.69 Å². The molecule has 0 aliphatic carbocycles. The van der Waals surface area contributed by atoms with E-state index in [4.69, 9.17) is 5.73 Å². The number of thiophene rings is 1. The molecule has 0 fully saturated rings. The Balaban J connectivity index is 2.80. The van der Waals surface area contributed by atoms with Crippen molar-refractivity contribution < 1.29 is 8.78 Å². The molecule has 1 aromatic carbocycles. The fourth-order valence-corrected chi connectivity index (χ4v) is 2.45. The number of thiol groups is 1. The molecule has 0 saturated carbocycles. The molecule has 2 aromatic rings. The number of nitrogen functional groups attached to an aromatic ring is 1. The van der Waals surface area contributed by atoms with Crippen molar-refractivity contribution >= 4 is 39.7 Å². The number of fused-ring (bicyclic) bond motifs is 1. The van der Waals surface area contributed by atoms with E-state index in [1.165, 1.54) is 17.4 Å². The van der Waals surface area contributed by atoms with Gasteiger partial charge in [-0.05, 0) is 17.5 Å². The van der Waals surface area contributed by atoms with Gasteiger partial charge in [-0.1, -0.05) is 0 Å². The fourth-order valence-electron chi connectivity index (χ4n) is 1.31. The largest absolute Gasteiger partial charge is 0.397 e. The highest BCUT2D eigenvalue weighted by Gasteiger charge is 2.16. The van der Waals surface area contributed by atoms with E-state index in [-0.39, 0.29) is 10.5 Å². The molecule has 0 aliphatic heterocycles. The Labute approximate surface area is 88.9 Å². The fraction of sp³-hybridized carbons (Fsp3) is 0.111. The third kappa shape index (κ3) is 1.36. The summed E-state index contributed by atoms with van der Waals surface area (Å²) in [6, 6.07) is 3.26. The molecular formula is C9H7F2NS2. The zero-order valence-electron chi connectivity index (χ0n) is 7.00. The van der Waals surface area contributed by atoms with Gasteiger partial charge in [-0.15, -0.1) is 24.0 Å². The van der Waals surface area contributed by atoms with E-state index < -0.39 is 6.43 Å². The van der Waals surface area contributed by atoms with E-state index in [1.54, 1.807) is 0 Å². The van der Waals surface area contributed by atoms with E-state index in [2.05, 4.69) is 12.6 Å². The van der Waals surface area contributed by atoms with Crippen LogP contribution >= 0.6 is 24.0 Å². The first-order valence-corrected chi connectivity index (χ1v) is 5.20. The van der Waals surface area contributed by atoms with Crippen LogP contribution in [0.2, 0.25) is 0 Å². The smallest absolute Gasteiger partial charge is 0.265 e. The summed E-state index contributed by atoms with van der Waals surface area (Å²) in [6.45, 7) is 0. The molecule has 1 aromatic heterocycles. The quantitative estimate of drug-likeness (QED) is 0.568. The van der Waals surface area contributed by atoms with E-state index in [0.717, 1.165) is 10.1 Å². The molecule has 1 heterocycles. The van der Waals surface area contributed by atoms with Gasteiger partial charge in [-0.3, -0.25) is 0 Å². The molecule has 1 nitrogen and oxygen atoms in total. The van der Waals surface area contributed by atoms with E-state index in [0.29, 0.717) is 5.69 Å². The first-order chi connectivity index (χ1) is 6.61. The van der Waals surface area contributed by atoms with Crippen LogP contribution in [-0.4, -0.2) is 0 Å². The second-order valence-corrected chi connectivity index (χ2v) is 4.26. The van der Waals surface area contributed by atoms with Gasteiger partial charge in [0.1, 0.15) is 0 Å². The van der Waals surface area contributed by atoms with E-state index >= 15 is 0 Å². The Morgan fingerprint density at radius 3 is 2.79 bits per heavy atom. The van der Waals surface area contributed by atoms with Gasteiger partial charge in [-0.2, -0.15) is 0 Å². The minimum Gasteiger partial charge on any atom is -0.397 e. The van der Waals surface area contributed by atoms with Crippen molar-refractivity contribution in [2.45, 2.75) is 11.3 Å². The third-order valence-corrected chi connectivity index (χ3v) is 3.40. The lowest BCUT2D eigenvalue weighted by Gasteiger charge is -2.07. The van der Waals surface area contributed by atoms with Crippen molar-refractivity contribution in [1.82, 2.24) is 0 Å². The number of hydrogen-bond acceptors (Lipinski definition) is 3. The maximum absolute atomic E-state index is 12.5. The second-order valence-electron chi connectivity index (χ2n) is 2.86. The summed E-state index contributed by atoms with van der Waals surface area (Å²) in [5.74, 6) is 0. The van der Waals surface area contributed by atoms with Crippen molar-refractivity contribution in [3.8, 4) is 0 Å². The Morgan fingerprint density at radius 1 is 1.43 bits per heavy atom. The zero-order chi connectivity index (χ0) is 10.3. The third-order valence-electron chi connectivity index (χ3n) is 2.04. The molecule has 0 unspecified atom stereocenters. The minimum atomic E-state index is -2.53. The number of alkyl halides is 2. The predicted molar refractivity (Wildman–Crippen MR) is 58.4 cm³/mol. The summed E-state index contributed by atoms with van der Waals surface area (Å²) in [4.78, 5) is 0.186. The van der Waals surface area contributed by atoms with Gasteiger partial charge in [0.25, 0.3) is 6.43 Å². The summed E-state index contributed by atoms with van der Waals surface area (Å²) < 4.78 is 25.9. The van der Waals surface area contributed by atoms with E-state index in [9.17, 15) is 8.78 Å². The average molecular weight is 231 g/mol. The molecule has 2 rings (SSSR count). The summed E-state index contributed by atoms with van der Waals surface area (Å²) in [5.41, 5.74) is 5.94. The highest BCUT2D eigenvalue weighted by molar-refractivity contribution is 7.80. The lowest BCUT2D eigenvalue weighted by Crippen LogP contribution is -1.94. The number of hydrogen-bond donors (Lipinski definition) is 2. The Kier molecular flexibility index (Phi) is 2.36. The summed E-state index contributed by atoms with van der Waals surface area (Å²) >= 11 is 5.40. The number of nitrogens with two attached hydrogens (primary N) is 1. The number of benzene rings is 1. The van der Waals surface area contributed by atoms with Crippen LogP contribution in [-0.2, 0) is 0 Å². The lowest BCUT2D eigenvalue weighted by atomic mass is 10.1. The lowest BCUT2D eigenvalue weighted by molar-refractivity contribution is 0.148. The summed E-state index contributed by atoms with van der Waals surface area (Å²) in [5, 5.41) is 2.62. The molecule has 0 atom stereocenters. The van der Waals surface area contributed by atoms with Gasteiger partial charge >= 0.3 is 0 Å². The molecular weight excluding hydrogens is 224 g/mol. The number of rotatable bonds is 1. The number of halogens is 2. The van der Waals surface area contributed by atoms with Gasteiger partial charge < -0.3 is 5.73 Å². The highest BCUT2D eigenvalue weighted by atomic mass is 32.1. The van der Waals surface area contributed by atoms with Crippen molar-refractivity contribution in [2.75, 3.05) is 5.73 Å². The molecule has 0 aliphatic rings. The molecule has 0 saturated heterocycles. The zero-order valence-corrected chi connectivity index (χ0v) is 8.71. The Morgan fingerprint density at radius 2 is 2.14 bits per heavy atom. The maximum Gasteiger partial charge on any atom is 0.265 e. The molecule has 14 heavy (non-hydrogen) atoms. The summed E-state index contributed by atoms with van der Waals surface area (Å²) in [7, 11) is 0. The second kappa shape index (κ2) is 3.40. The summed E-state index contributed by atoms with van der Waals surface area (Å²) in [6.07, 6.45) is -2.53. The SMILES string of the molecule is Nc1c(S)c(C(F)F)cc2sccc12. The Bertz CT molecular complexity index is 479. The molecule has 0 spiro atoms. The molecule has 74 valence electrons. The van der Waals surface area contributed by atoms with Crippen molar-refractivity contribution in [2.24, 2.45) is 0 Å². The first-order valence-electron chi connectivity index (χ1n) is 3.88. The normalized spacial score (nSPS) is 11.4. The van der Waals surface area contributed by atoms with Crippen LogP contribution in [0.5, 0.6) is 0 Å². The van der Waals surface area contributed by atoms with Crippen molar-refractivity contribution in [1.29, 1.82) is 0 Å². The standard InChI is InChI=1S/C9H7F2NS2/c10-9(11)5-3-6-4(1-2-14-6)7(12)8(5)13/h1-3,9,13H,12H2. The van der Waals surface area contributed by atoms with Crippen LogP contribution in [0.4, 0.5) is 14.5 Å². The van der Waals surface area contributed by atoms with Crippen LogP contribution in [0, 0.1) is 0 Å².